The standard InChI is InChI=1S/C8H18N2OS/c1-10-5-6-11-8(7-10)3-2-4-9-12/h8-9,12H,2-7H2,1H3/t8-/m1/s1. The Balaban J connectivity index is 2.06. The summed E-state index contributed by atoms with van der Waals surface area (Å²) in [6.45, 7) is 4.00. The lowest BCUT2D eigenvalue weighted by atomic mass is 10.1. The molecule has 0 amide bonds. The summed E-state index contributed by atoms with van der Waals surface area (Å²) in [6, 6.07) is 0. The summed E-state index contributed by atoms with van der Waals surface area (Å²) in [5.74, 6) is 0. The van der Waals surface area contributed by atoms with Crippen LogP contribution >= 0.6 is 12.8 Å². The van der Waals surface area contributed by atoms with Crippen molar-refractivity contribution in [2.24, 2.45) is 0 Å². The molecule has 4 heteroatoms. The summed E-state index contributed by atoms with van der Waals surface area (Å²) in [4.78, 5) is 2.32. The van der Waals surface area contributed by atoms with Crippen LogP contribution in [0.15, 0.2) is 0 Å². The van der Waals surface area contributed by atoms with Gasteiger partial charge in [-0.05, 0) is 19.9 Å². The highest BCUT2D eigenvalue weighted by atomic mass is 32.1. The van der Waals surface area contributed by atoms with Crippen molar-refractivity contribution in [1.29, 1.82) is 0 Å². The van der Waals surface area contributed by atoms with Crippen LogP contribution in [0.1, 0.15) is 12.8 Å². The minimum absolute atomic E-state index is 0.436. The van der Waals surface area contributed by atoms with E-state index in [0.29, 0.717) is 6.10 Å². The third-order valence-corrected chi connectivity index (χ3v) is 2.38. The van der Waals surface area contributed by atoms with Gasteiger partial charge in [-0.2, -0.15) is 0 Å². The van der Waals surface area contributed by atoms with Gasteiger partial charge in [-0.3, -0.25) is 4.72 Å². The first kappa shape index (κ1) is 10.3. The molecule has 1 saturated heterocycles. The van der Waals surface area contributed by atoms with Crippen LogP contribution in [0.5, 0.6) is 0 Å². The summed E-state index contributed by atoms with van der Waals surface area (Å²) in [5, 5.41) is 0. The van der Waals surface area contributed by atoms with Gasteiger partial charge >= 0.3 is 0 Å². The molecule has 0 unspecified atom stereocenters. The van der Waals surface area contributed by atoms with Crippen molar-refractivity contribution in [2.45, 2.75) is 18.9 Å². The summed E-state index contributed by atoms with van der Waals surface area (Å²) in [5.41, 5.74) is 0. The third kappa shape index (κ3) is 3.76. The lowest BCUT2D eigenvalue weighted by Gasteiger charge is -2.29. The van der Waals surface area contributed by atoms with Gasteiger partial charge in [-0.1, -0.05) is 12.8 Å². The Morgan fingerprint density at radius 1 is 1.67 bits per heavy atom. The van der Waals surface area contributed by atoms with Gasteiger partial charge in [0.1, 0.15) is 0 Å². The van der Waals surface area contributed by atoms with Gasteiger partial charge in [0, 0.05) is 19.6 Å². The monoisotopic (exact) mass is 190 g/mol. The second-order valence-electron chi connectivity index (χ2n) is 3.31. The first-order valence-electron chi connectivity index (χ1n) is 4.50. The van der Waals surface area contributed by atoms with Crippen molar-refractivity contribution in [3.63, 3.8) is 0 Å². The summed E-state index contributed by atoms with van der Waals surface area (Å²) in [7, 11) is 2.15. The highest BCUT2D eigenvalue weighted by Gasteiger charge is 2.16. The molecular weight excluding hydrogens is 172 g/mol. The maximum Gasteiger partial charge on any atom is 0.0703 e. The van der Waals surface area contributed by atoms with Crippen LogP contribution in [-0.4, -0.2) is 44.3 Å². The molecule has 1 aliphatic heterocycles. The summed E-state index contributed by atoms with van der Waals surface area (Å²) >= 11 is 3.93. The fourth-order valence-corrected chi connectivity index (χ4v) is 1.61. The van der Waals surface area contributed by atoms with Crippen LogP contribution in [0, 0.1) is 0 Å². The van der Waals surface area contributed by atoms with Gasteiger partial charge in [0.05, 0.1) is 12.7 Å². The highest BCUT2D eigenvalue weighted by molar-refractivity contribution is 7.78. The Hall–Kier alpha value is 0.230. The van der Waals surface area contributed by atoms with Crippen molar-refractivity contribution in [3.8, 4) is 0 Å². The number of hydrogen-bond acceptors (Lipinski definition) is 4. The Morgan fingerprint density at radius 3 is 3.17 bits per heavy atom. The van der Waals surface area contributed by atoms with E-state index in [9.17, 15) is 0 Å². The van der Waals surface area contributed by atoms with E-state index < -0.39 is 0 Å². The van der Waals surface area contributed by atoms with Gasteiger partial charge in [0.15, 0.2) is 0 Å². The van der Waals surface area contributed by atoms with Gasteiger partial charge in [0.2, 0.25) is 0 Å². The molecule has 1 heterocycles. The van der Waals surface area contributed by atoms with Gasteiger partial charge < -0.3 is 9.64 Å². The highest BCUT2D eigenvalue weighted by Crippen LogP contribution is 2.08. The smallest absolute Gasteiger partial charge is 0.0703 e. The fourth-order valence-electron chi connectivity index (χ4n) is 1.45. The summed E-state index contributed by atoms with van der Waals surface area (Å²) in [6.07, 6.45) is 2.71. The minimum atomic E-state index is 0.436. The number of hydrogen-bond donors (Lipinski definition) is 2. The lowest BCUT2D eigenvalue weighted by molar-refractivity contribution is -0.0237. The van der Waals surface area contributed by atoms with Crippen LogP contribution in [0.4, 0.5) is 0 Å². The minimum Gasteiger partial charge on any atom is -0.376 e. The molecule has 12 heavy (non-hydrogen) atoms. The molecule has 1 aliphatic rings. The van der Waals surface area contributed by atoms with E-state index in [1.807, 2.05) is 0 Å². The molecule has 0 saturated carbocycles. The van der Waals surface area contributed by atoms with E-state index in [1.54, 1.807) is 0 Å². The first-order valence-corrected chi connectivity index (χ1v) is 4.94. The fraction of sp³-hybridized carbons (Fsp3) is 1.00. The molecule has 0 spiro atoms. The van der Waals surface area contributed by atoms with Crippen LogP contribution in [-0.2, 0) is 4.74 Å². The molecule has 0 radical (unpaired) electrons. The zero-order chi connectivity index (χ0) is 8.81. The van der Waals surface area contributed by atoms with Crippen molar-refractivity contribution >= 4 is 12.8 Å². The van der Waals surface area contributed by atoms with Crippen LogP contribution in [0.25, 0.3) is 0 Å². The molecule has 1 fully saturated rings. The molecule has 72 valence electrons. The van der Waals surface area contributed by atoms with E-state index in [2.05, 4.69) is 29.5 Å². The molecule has 0 aromatic rings. The molecule has 0 aliphatic carbocycles. The lowest BCUT2D eigenvalue weighted by Crippen LogP contribution is -2.40. The zero-order valence-electron chi connectivity index (χ0n) is 7.62. The largest absolute Gasteiger partial charge is 0.376 e. The normalized spacial score (nSPS) is 26.0. The zero-order valence-corrected chi connectivity index (χ0v) is 8.52. The predicted octanol–water partition coefficient (Wildman–Crippen LogP) is 0.532. The second-order valence-corrected chi connectivity index (χ2v) is 3.62. The van der Waals surface area contributed by atoms with E-state index in [-0.39, 0.29) is 0 Å². The van der Waals surface area contributed by atoms with E-state index in [0.717, 1.165) is 39.1 Å². The number of likely N-dealkylation sites (N-methyl/N-ethyl adjacent to an activating group) is 1. The van der Waals surface area contributed by atoms with Crippen molar-refractivity contribution < 1.29 is 4.74 Å². The average molecular weight is 190 g/mol. The van der Waals surface area contributed by atoms with Crippen LogP contribution < -0.4 is 4.72 Å². The van der Waals surface area contributed by atoms with Crippen molar-refractivity contribution in [1.82, 2.24) is 9.62 Å². The maximum atomic E-state index is 5.60. The molecule has 0 bridgehead atoms. The van der Waals surface area contributed by atoms with Crippen molar-refractivity contribution in [2.75, 3.05) is 33.3 Å². The molecule has 0 aromatic carbocycles. The maximum absolute atomic E-state index is 5.60. The van der Waals surface area contributed by atoms with E-state index in [4.69, 9.17) is 4.74 Å². The number of rotatable bonds is 4. The topological polar surface area (TPSA) is 24.5 Å². The number of nitrogens with zero attached hydrogens (tertiary/aromatic N) is 1. The Bertz CT molecular complexity index is 124. The number of thiol groups is 1. The third-order valence-electron chi connectivity index (χ3n) is 2.16. The quantitative estimate of drug-likeness (QED) is 0.500. The number of morpholine rings is 1. The van der Waals surface area contributed by atoms with E-state index >= 15 is 0 Å². The van der Waals surface area contributed by atoms with Gasteiger partial charge in [-0.25, -0.2) is 0 Å². The molecule has 3 nitrogen and oxygen atoms in total. The molecule has 1 atom stereocenters. The Kier molecular flexibility index (Phi) is 4.99. The predicted molar refractivity (Wildman–Crippen MR) is 53.5 cm³/mol. The SMILES string of the molecule is CN1CCO[C@H](CCCNS)C1. The van der Waals surface area contributed by atoms with Gasteiger partial charge in [0.25, 0.3) is 0 Å². The Morgan fingerprint density at radius 2 is 2.50 bits per heavy atom. The number of ether oxygens (including phenoxy) is 1. The molecular formula is C8H18N2OS. The van der Waals surface area contributed by atoms with E-state index in [1.165, 1.54) is 0 Å². The van der Waals surface area contributed by atoms with Gasteiger partial charge in [-0.15, -0.1) is 0 Å². The Labute approximate surface area is 80.0 Å². The number of nitrogens with one attached hydrogen (secondary N) is 1. The first-order chi connectivity index (χ1) is 5.83. The van der Waals surface area contributed by atoms with Crippen LogP contribution in [0.3, 0.4) is 0 Å². The van der Waals surface area contributed by atoms with Crippen LogP contribution in [0.2, 0.25) is 0 Å². The second kappa shape index (κ2) is 5.80. The summed E-state index contributed by atoms with van der Waals surface area (Å²) < 4.78 is 8.44. The van der Waals surface area contributed by atoms with Crippen molar-refractivity contribution in [3.05, 3.63) is 0 Å². The molecule has 1 rings (SSSR count). The molecule has 1 N–H and O–H groups in total. The molecule has 0 aromatic heterocycles. The average Bonchev–Trinajstić information content (AvgIpc) is 2.05.